The molecule has 42 valence electrons. The average molecular weight is 106 g/mol. The Morgan fingerprint density at radius 3 is 2.62 bits per heavy atom. The number of hydrogen-bond acceptors (Lipinski definition) is 0. The van der Waals surface area contributed by atoms with Crippen molar-refractivity contribution in [2.24, 2.45) is 0 Å². The van der Waals surface area contributed by atoms with Gasteiger partial charge in [0.05, 0.1) is 0 Å². The Morgan fingerprint density at radius 2 is 2.25 bits per heavy atom. The van der Waals surface area contributed by atoms with Crippen molar-refractivity contribution < 1.29 is 0 Å². The third-order valence-corrected chi connectivity index (χ3v) is 0.895. The Bertz CT molecular complexity index is 168. The molecule has 0 heteroatoms. The second-order valence-electron chi connectivity index (χ2n) is 1.56. The maximum atomic E-state index is 3.35. The van der Waals surface area contributed by atoms with Crippen LogP contribution in [-0.4, -0.2) is 0 Å². The molecule has 0 atom stereocenters. The fraction of sp³-hybridized carbons (Fsp3) is 0.375. The van der Waals surface area contributed by atoms with Crippen LogP contribution in [0.25, 0.3) is 0 Å². The van der Waals surface area contributed by atoms with E-state index in [1.165, 1.54) is 5.57 Å². The minimum absolute atomic E-state index is 1.02. The van der Waals surface area contributed by atoms with E-state index in [2.05, 4.69) is 30.7 Å². The minimum Gasteiger partial charge on any atom is -0.0693 e. The summed E-state index contributed by atoms with van der Waals surface area (Å²) in [5.41, 5.74) is 9.21. The zero-order valence-corrected chi connectivity index (χ0v) is 5.41. The lowest BCUT2D eigenvalue weighted by molar-refractivity contribution is 1.11. The molecule has 8 heavy (non-hydrogen) atoms. The molecule has 0 amide bonds. The molecule has 0 N–H and O–H groups in total. The van der Waals surface area contributed by atoms with Crippen molar-refractivity contribution in [1.82, 2.24) is 0 Å². The molecule has 0 radical (unpaired) electrons. The normalized spacial score (nSPS) is 6.25. The molecule has 0 saturated heterocycles. The van der Waals surface area contributed by atoms with Gasteiger partial charge in [0.25, 0.3) is 0 Å². The van der Waals surface area contributed by atoms with Crippen molar-refractivity contribution in [3.05, 3.63) is 29.3 Å². The summed E-state index contributed by atoms with van der Waals surface area (Å²) in [4.78, 5) is 0. The number of rotatable bonds is 1. The second-order valence-corrected chi connectivity index (χ2v) is 1.56. The zero-order valence-electron chi connectivity index (χ0n) is 5.41. The summed E-state index contributed by atoms with van der Waals surface area (Å²) in [6.45, 7) is 7.44. The molecule has 0 bridgehead atoms. The van der Waals surface area contributed by atoms with Crippen molar-refractivity contribution in [1.29, 1.82) is 0 Å². The van der Waals surface area contributed by atoms with Crippen LogP contribution < -0.4 is 0 Å². The maximum absolute atomic E-state index is 3.35. The average Bonchev–Trinajstić information content (AvgIpc) is 1.83. The summed E-state index contributed by atoms with van der Waals surface area (Å²) in [7, 11) is 0. The quantitative estimate of drug-likeness (QED) is 0.450. The topological polar surface area (TPSA) is 0 Å². The van der Waals surface area contributed by atoms with Crippen LogP contribution in [0.5, 0.6) is 0 Å². The van der Waals surface area contributed by atoms with Gasteiger partial charge in [-0.3, -0.25) is 0 Å². The molecule has 0 rings (SSSR count). The van der Waals surface area contributed by atoms with Gasteiger partial charge in [-0.2, -0.15) is 0 Å². The molecular formula is C8H10. The van der Waals surface area contributed by atoms with Crippen LogP contribution in [0.3, 0.4) is 0 Å². The first-order chi connectivity index (χ1) is 3.81. The van der Waals surface area contributed by atoms with Gasteiger partial charge in [-0.15, -0.1) is 0 Å². The van der Waals surface area contributed by atoms with Gasteiger partial charge in [0.1, 0.15) is 0 Å². The van der Waals surface area contributed by atoms with E-state index in [1.807, 2.05) is 6.92 Å². The van der Waals surface area contributed by atoms with Crippen LogP contribution in [0.4, 0.5) is 0 Å². The molecule has 0 aliphatic rings. The Kier molecular flexibility index (Phi) is 3.76. The predicted molar refractivity (Wildman–Crippen MR) is 35.6 cm³/mol. The second kappa shape index (κ2) is 4.24. The monoisotopic (exact) mass is 106 g/mol. The highest BCUT2D eigenvalue weighted by Crippen LogP contribution is 1.91. The van der Waals surface area contributed by atoms with Gasteiger partial charge < -0.3 is 0 Å². The number of hydrogen-bond donors (Lipinski definition) is 0. The largest absolute Gasteiger partial charge is 0.0693 e. The first-order valence-electron chi connectivity index (χ1n) is 2.66. The van der Waals surface area contributed by atoms with E-state index in [0.29, 0.717) is 0 Å². The van der Waals surface area contributed by atoms with Crippen molar-refractivity contribution in [2.75, 3.05) is 0 Å². The number of allylic oxidation sites excluding steroid dienone is 1. The van der Waals surface area contributed by atoms with E-state index < -0.39 is 0 Å². The Morgan fingerprint density at radius 1 is 1.62 bits per heavy atom. The van der Waals surface area contributed by atoms with Crippen LogP contribution in [0.15, 0.2) is 29.3 Å². The van der Waals surface area contributed by atoms with Gasteiger partial charge >= 0.3 is 0 Å². The maximum Gasteiger partial charge on any atom is -0.0197 e. The van der Waals surface area contributed by atoms with Gasteiger partial charge in [0.15, 0.2) is 0 Å². The molecular weight excluding hydrogens is 96.1 g/mol. The van der Waals surface area contributed by atoms with Crippen LogP contribution in [0.2, 0.25) is 0 Å². The predicted octanol–water partition coefficient (Wildman–Crippen LogP) is 2.44. The summed E-state index contributed by atoms with van der Waals surface area (Å²) in [5, 5.41) is 0. The van der Waals surface area contributed by atoms with Gasteiger partial charge in [0, 0.05) is 0 Å². The Labute approximate surface area is 50.5 Å². The van der Waals surface area contributed by atoms with Gasteiger partial charge in [-0.05, 0) is 31.2 Å². The van der Waals surface area contributed by atoms with E-state index in [-0.39, 0.29) is 0 Å². The lowest BCUT2D eigenvalue weighted by atomic mass is 10.3. The van der Waals surface area contributed by atoms with Crippen LogP contribution >= 0.6 is 0 Å². The Hall–Kier alpha value is -0.920. The molecule has 0 aliphatic carbocycles. The molecule has 0 aromatic heterocycles. The van der Waals surface area contributed by atoms with Crippen molar-refractivity contribution >= 4 is 0 Å². The SMILES string of the molecule is C=C=C=C=C(C)CC. The van der Waals surface area contributed by atoms with Crippen molar-refractivity contribution in [3.8, 4) is 0 Å². The highest BCUT2D eigenvalue weighted by atomic mass is 13.8. The van der Waals surface area contributed by atoms with Crippen LogP contribution in [0.1, 0.15) is 20.3 Å². The van der Waals surface area contributed by atoms with Crippen molar-refractivity contribution in [2.45, 2.75) is 20.3 Å². The molecule has 0 aliphatic heterocycles. The lowest BCUT2D eigenvalue weighted by Gasteiger charge is -1.79. The third kappa shape index (κ3) is 3.28. The first-order valence-corrected chi connectivity index (χ1v) is 2.66. The summed E-state index contributed by atoms with van der Waals surface area (Å²) >= 11 is 0. The van der Waals surface area contributed by atoms with Gasteiger partial charge in [0.2, 0.25) is 0 Å². The molecule has 0 saturated carbocycles. The molecule has 0 heterocycles. The van der Waals surface area contributed by atoms with Gasteiger partial charge in [-0.1, -0.05) is 18.4 Å². The van der Waals surface area contributed by atoms with Crippen molar-refractivity contribution in [3.63, 3.8) is 0 Å². The molecule has 0 aromatic rings. The highest BCUT2D eigenvalue weighted by molar-refractivity contribution is 4.95. The summed E-state index contributed by atoms with van der Waals surface area (Å²) in [5.74, 6) is 0. The fourth-order valence-electron chi connectivity index (χ4n) is 0.239. The fourth-order valence-corrected chi connectivity index (χ4v) is 0.239. The standard InChI is InChI=1S/C8H10/c1-4-6-7-8(3)5-2/h1,5H2,2-3H3. The summed E-state index contributed by atoms with van der Waals surface area (Å²) in [6.07, 6.45) is 1.02. The minimum atomic E-state index is 1.02. The molecule has 0 fully saturated rings. The van der Waals surface area contributed by atoms with Gasteiger partial charge in [-0.25, -0.2) is 0 Å². The van der Waals surface area contributed by atoms with E-state index in [1.54, 1.807) is 0 Å². The molecule has 0 spiro atoms. The summed E-state index contributed by atoms with van der Waals surface area (Å²) < 4.78 is 0. The molecule has 0 nitrogen and oxygen atoms in total. The zero-order chi connectivity index (χ0) is 6.41. The summed E-state index contributed by atoms with van der Waals surface area (Å²) in [6, 6.07) is 0. The first kappa shape index (κ1) is 7.08. The smallest absolute Gasteiger partial charge is 0.0197 e. The lowest BCUT2D eigenvalue weighted by Crippen LogP contribution is -1.61. The van der Waals surface area contributed by atoms with E-state index >= 15 is 0 Å². The molecule has 0 aromatic carbocycles. The highest BCUT2D eigenvalue weighted by Gasteiger charge is 1.73. The van der Waals surface area contributed by atoms with Crippen LogP contribution in [-0.2, 0) is 0 Å². The van der Waals surface area contributed by atoms with E-state index in [0.717, 1.165) is 6.42 Å². The van der Waals surface area contributed by atoms with E-state index in [9.17, 15) is 0 Å². The van der Waals surface area contributed by atoms with Crippen LogP contribution in [0, 0.1) is 0 Å². The van der Waals surface area contributed by atoms with E-state index in [4.69, 9.17) is 0 Å². The Balaban J connectivity index is 4.37. The molecule has 0 unspecified atom stereocenters. The third-order valence-electron chi connectivity index (χ3n) is 0.895.